The minimum Gasteiger partial charge on any atom is -0.372 e. The maximum Gasteiger partial charge on any atom is 0.261 e. The van der Waals surface area contributed by atoms with Gasteiger partial charge in [-0.2, -0.15) is 0 Å². The number of hydrogen-bond donors (Lipinski definition) is 2. The monoisotopic (exact) mass is 297 g/mol. The van der Waals surface area contributed by atoms with E-state index < -0.39 is 0 Å². The number of amides is 1. The van der Waals surface area contributed by atoms with Gasteiger partial charge in [-0.05, 0) is 55.7 Å². The minimum atomic E-state index is -0.390. The highest BCUT2D eigenvalue weighted by Crippen LogP contribution is 2.25. The molecule has 1 fully saturated rings. The normalized spacial score (nSPS) is 14.1. The second kappa shape index (κ2) is 6.05. The number of aromatic amines is 1. The van der Waals surface area contributed by atoms with Gasteiger partial charge in [-0.15, -0.1) is 0 Å². The molecule has 0 aliphatic carbocycles. The highest BCUT2D eigenvalue weighted by Gasteiger charge is 2.15. The van der Waals surface area contributed by atoms with E-state index in [0.717, 1.165) is 24.3 Å². The molecule has 1 amide bonds. The summed E-state index contributed by atoms with van der Waals surface area (Å²) in [5, 5.41) is 2.81. The third kappa shape index (κ3) is 2.88. The zero-order chi connectivity index (χ0) is 15.5. The van der Waals surface area contributed by atoms with Gasteiger partial charge in [-0.3, -0.25) is 9.59 Å². The number of nitrogens with zero attached hydrogens (tertiary/aromatic N) is 1. The molecule has 0 spiro atoms. The Balaban J connectivity index is 1.79. The highest BCUT2D eigenvalue weighted by molar-refractivity contribution is 6.04. The van der Waals surface area contributed by atoms with Crippen molar-refractivity contribution >= 4 is 17.3 Å². The van der Waals surface area contributed by atoms with E-state index in [1.165, 1.54) is 30.8 Å². The molecule has 5 nitrogen and oxygen atoms in total. The van der Waals surface area contributed by atoms with E-state index >= 15 is 0 Å². The fourth-order valence-electron chi connectivity index (χ4n) is 2.75. The predicted octanol–water partition coefficient (Wildman–Crippen LogP) is 2.54. The van der Waals surface area contributed by atoms with Gasteiger partial charge < -0.3 is 15.2 Å². The summed E-state index contributed by atoms with van der Waals surface area (Å²) in [5.74, 6) is -0.390. The number of benzene rings is 1. The van der Waals surface area contributed by atoms with Gasteiger partial charge in [0.1, 0.15) is 5.56 Å². The molecule has 2 aromatic rings. The van der Waals surface area contributed by atoms with Crippen LogP contribution in [0.25, 0.3) is 0 Å². The Morgan fingerprint density at radius 2 is 2.00 bits per heavy atom. The summed E-state index contributed by atoms with van der Waals surface area (Å²) in [5.41, 5.74) is 2.64. The van der Waals surface area contributed by atoms with Crippen molar-refractivity contribution in [3.8, 4) is 0 Å². The molecule has 1 aromatic carbocycles. The molecule has 0 bridgehead atoms. The van der Waals surface area contributed by atoms with E-state index in [2.05, 4.69) is 21.3 Å². The number of anilines is 2. The number of H-pyrrole nitrogens is 1. The Kier molecular flexibility index (Phi) is 3.96. The predicted molar refractivity (Wildman–Crippen MR) is 87.6 cm³/mol. The number of aromatic nitrogens is 1. The van der Waals surface area contributed by atoms with Crippen LogP contribution in [-0.4, -0.2) is 24.0 Å². The molecular weight excluding hydrogens is 278 g/mol. The van der Waals surface area contributed by atoms with Crippen molar-refractivity contribution < 1.29 is 4.79 Å². The van der Waals surface area contributed by atoms with E-state index in [9.17, 15) is 9.59 Å². The molecule has 114 valence electrons. The zero-order valence-corrected chi connectivity index (χ0v) is 12.6. The first-order chi connectivity index (χ1) is 10.6. The largest absolute Gasteiger partial charge is 0.372 e. The standard InChI is InChI=1S/C17H19N3O2/c1-12-11-13(20-9-2-3-10-20)6-7-15(12)19-17(22)14-5-4-8-18-16(14)21/h4-8,11H,2-3,9-10H2,1H3,(H,18,21)(H,19,22). The van der Waals surface area contributed by atoms with Crippen molar-refractivity contribution in [2.24, 2.45) is 0 Å². The second-order valence-electron chi connectivity index (χ2n) is 5.56. The molecule has 0 atom stereocenters. The van der Waals surface area contributed by atoms with Crippen molar-refractivity contribution in [3.63, 3.8) is 0 Å². The van der Waals surface area contributed by atoms with E-state index in [4.69, 9.17) is 0 Å². The van der Waals surface area contributed by atoms with Crippen molar-refractivity contribution in [1.82, 2.24) is 4.98 Å². The molecule has 5 heteroatoms. The summed E-state index contributed by atoms with van der Waals surface area (Å²) >= 11 is 0. The SMILES string of the molecule is Cc1cc(N2CCCC2)ccc1NC(=O)c1ccc[nH]c1=O. The summed E-state index contributed by atoms with van der Waals surface area (Å²) < 4.78 is 0. The van der Waals surface area contributed by atoms with Crippen LogP contribution in [0.4, 0.5) is 11.4 Å². The minimum absolute atomic E-state index is 0.116. The third-order valence-electron chi connectivity index (χ3n) is 3.99. The van der Waals surface area contributed by atoms with E-state index in [1.54, 1.807) is 6.07 Å². The molecule has 1 aromatic heterocycles. The summed E-state index contributed by atoms with van der Waals surface area (Å²) in [6.07, 6.45) is 3.97. The van der Waals surface area contributed by atoms with Crippen LogP contribution in [0.15, 0.2) is 41.3 Å². The molecule has 1 aliphatic rings. The third-order valence-corrected chi connectivity index (χ3v) is 3.99. The average Bonchev–Trinajstić information content (AvgIpc) is 3.04. The molecule has 0 unspecified atom stereocenters. The van der Waals surface area contributed by atoms with Crippen LogP contribution in [-0.2, 0) is 0 Å². The molecule has 0 radical (unpaired) electrons. The van der Waals surface area contributed by atoms with Gasteiger partial charge in [0.05, 0.1) is 0 Å². The van der Waals surface area contributed by atoms with Crippen molar-refractivity contribution in [3.05, 3.63) is 58.0 Å². The number of carbonyl (C=O) groups is 1. The second-order valence-corrected chi connectivity index (χ2v) is 5.56. The highest BCUT2D eigenvalue weighted by atomic mass is 16.2. The van der Waals surface area contributed by atoms with Gasteiger partial charge in [0.2, 0.25) is 0 Å². The van der Waals surface area contributed by atoms with Crippen LogP contribution in [0, 0.1) is 6.92 Å². The molecule has 3 rings (SSSR count). The van der Waals surface area contributed by atoms with E-state index in [-0.39, 0.29) is 17.0 Å². The van der Waals surface area contributed by atoms with E-state index in [0.29, 0.717) is 0 Å². The molecule has 2 heterocycles. The molecule has 2 N–H and O–H groups in total. The Hall–Kier alpha value is -2.56. The van der Waals surface area contributed by atoms with Gasteiger partial charge in [-0.1, -0.05) is 0 Å². The number of hydrogen-bond acceptors (Lipinski definition) is 3. The van der Waals surface area contributed by atoms with Gasteiger partial charge in [0.15, 0.2) is 0 Å². The maximum atomic E-state index is 12.2. The van der Waals surface area contributed by atoms with Crippen molar-refractivity contribution in [1.29, 1.82) is 0 Å². The lowest BCUT2D eigenvalue weighted by Gasteiger charge is -2.19. The number of aryl methyl sites for hydroxylation is 1. The Labute approximate surface area is 129 Å². The zero-order valence-electron chi connectivity index (χ0n) is 12.6. The van der Waals surface area contributed by atoms with E-state index in [1.807, 2.05) is 19.1 Å². The Morgan fingerprint density at radius 3 is 2.68 bits per heavy atom. The van der Waals surface area contributed by atoms with Gasteiger partial charge in [-0.25, -0.2) is 0 Å². The van der Waals surface area contributed by atoms with Crippen molar-refractivity contribution in [2.75, 3.05) is 23.3 Å². The summed E-state index contributed by atoms with van der Waals surface area (Å²) in [6, 6.07) is 9.15. The number of carbonyl (C=O) groups excluding carboxylic acids is 1. The first kappa shape index (κ1) is 14.4. The van der Waals surface area contributed by atoms with Crippen LogP contribution < -0.4 is 15.8 Å². The summed E-state index contributed by atoms with van der Waals surface area (Å²) in [6.45, 7) is 4.14. The van der Waals surface area contributed by atoms with Crippen LogP contribution >= 0.6 is 0 Å². The van der Waals surface area contributed by atoms with Crippen LogP contribution in [0.1, 0.15) is 28.8 Å². The Bertz CT molecular complexity index is 746. The van der Waals surface area contributed by atoms with Gasteiger partial charge in [0, 0.05) is 30.7 Å². The lowest BCUT2D eigenvalue weighted by molar-refractivity contribution is 0.102. The quantitative estimate of drug-likeness (QED) is 0.915. The average molecular weight is 297 g/mol. The number of pyridine rings is 1. The fourth-order valence-corrected chi connectivity index (χ4v) is 2.75. The summed E-state index contributed by atoms with van der Waals surface area (Å²) in [7, 11) is 0. The molecule has 0 saturated carbocycles. The molecule has 1 aliphatic heterocycles. The van der Waals surface area contributed by atoms with Crippen LogP contribution in [0.2, 0.25) is 0 Å². The topological polar surface area (TPSA) is 65.2 Å². The number of rotatable bonds is 3. The first-order valence-electron chi connectivity index (χ1n) is 7.50. The first-order valence-corrected chi connectivity index (χ1v) is 7.50. The molecule has 22 heavy (non-hydrogen) atoms. The lowest BCUT2D eigenvalue weighted by atomic mass is 10.1. The fraction of sp³-hybridized carbons (Fsp3) is 0.294. The lowest BCUT2D eigenvalue weighted by Crippen LogP contribution is -2.23. The number of nitrogens with one attached hydrogen (secondary N) is 2. The molecular formula is C17H19N3O2. The summed E-state index contributed by atoms with van der Waals surface area (Å²) in [4.78, 5) is 28.7. The Morgan fingerprint density at radius 1 is 1.23 bits per heavy atom. The van der Waals surface area contributed by atoms with Crippen LogP contribution in [0.5, 0.6) is 0 Å². The van der Waals surface area contributed by atoms with Crippen LogP contribution in [0.3, 0.4) is 0 Å². The smallest absolute Gasteiger partial charge is 0.261 e. The van der Waals surface area contributed by atoms with Gasteiger partial charge >= 0.3 is 0 Å². The molecule has 1 saturated heterocycles. The van der Waals surface area contributed by atoms with Gasteiger partial charge in [0.25, 0.3) is 11.5 Å². The van der Waals surface area contributed by atoms with Crippen molar-refractivity contribution in [2.45, 2.75) is 19.8 Å². The maximum absolute atomic E-state index is 12.2.